The summed E-state index contributed by atoms with van der Waals surface area (Å²) in [4.78, 5) is 11.3. The van der Waals surface area contributed by atoms with Gasteiger partial charge in [0, 0.05) is 23.9 Å². The van der Waals surface area contributed by atoms with Crippen LogP contribution in [0.1, 0.15) is 24.7 Å². The fourth-order valence-corrected chi connectivity index (χ4v) is 2.14. The van der Waals surface area contributed by atoms with Crippen molar-refractivity contribution in [2.45, 2.75) is 26.2 Å². The molecule has 0 bridgehead atoms. The van der Waals surface area contributed by atoms with Gasteiger partial charge in [0.25, 0.3) is 0 Å². The zero-order valence-electron chi connectivity index (χ0n) is 9.17. The van der Waals surface area contributed by atoms with Gasteiger partial charge in [0.15, 0.2) is 0 Å². The van der Waals surface area contributed by atoms with Gasteiger partial charge >= 0.3 is 0 Å². The van der Waals surface area contributed by atoms with Crippen LogP contribution in [0.5, 0.6) is 0 Å². The largest absolute Gasteiger partial charge is 0.461 e. The summed E-state index contributed by atoms with van der Waals surface area (Å²) in [6.45, 7) is 2.07. The highest BCUT2D eigenvalue weighted by molar-refractivity contribution is 5.97. The number of carbonyl (C=O) groups excluding carboxylic acids is 1. The van der Waals surface area contributed by atoms with Gasteiger partial charge in [-0.05, 0) is 30.2 Å². The minimum absolute atomic E-state index is 0.103. The predicted molar refractivity (Wildman–Crippen MR) is 62.5 cm³/mol. The van der Waals surface area contributed by atoms with Crippen molar-refractivity contribution in [2.75, 3.05) is 5.32 Å². The van der Waals surface area contributed by atoms with E-state index in [9.17, 15) is 4.79 Å². The van der Waals surface area contributed by atoms with Crippen molar-refractivity contribution in [2.24, 2.45) is 0 Å². The molecule has 3 nitrogen and oxygen atoms in total. The van der Waals surface area contributed by atoms with Gasteiger partial charge in [-0.15, -0.1) is 0 Å². The molecule has 1 aromatic heterocycles. The molecule has 0 unspecified atom stereocenters. The number of furan rings is 1. The first kappa shape index (κ1) is 9.46. The quantitative estimate of drug-likeness (QED) is 0.794. The van der Waals surface area contributed by atoms with Gasteiger partial charge < -0.3 is 9.73 Å². The second-order valence-corrected chi connectivity index (χ2v) is 4.16. The summed E-state index contributed by atoms with van der Waals surface area (Å²) in [5, 5.41) is 3.97. The Labute approximate surface area is 93.4 Å². The molecule has 0 spiro atoms. The molecule has 82 valence electrons. The predicted octanol–water partition coefficient (Wildman–Crippen LogP) is 2.88. The van der Waals surface area contributed by atoms with Gasteiger partial charge in [-0.2, -0.15) is 0 Å². The normalized spacial score (nSPS) is 14.9. The van der Waals surface area contributed by atoms with E-state index in [1.807, 2.05) is 18.2 Å². The molecule has 1 aliphatic heterocycles. The third-order valence-electron chi connectivity index (χ3n) is 3.04. The summed E-state index contributed by atoms with van der Waals surface area (Å²) in [5.74, 6) is 1.09. The summed E-state index contributed by atoms with van der Waals surface area (Å²) in [6.07, 6.45) is 2.27. The average molecular weight is 215 g/mol. The van der Waals surface area contributed by atoms with Gasteiger partial charge in [-0.3, -0.25) is 4.79 Å². The van der Waals surface area contributed by atoms with E-state index in [-0.39, 0.29) is 5.91 Å². The summed E-state index contributed by atoms with van der Waals surface area (Å²) in [6, 6.07) is 6.09. The van der Waals surface area contributed by atoms with E-state index < -0.39 is 0 Å². The topological polar surface area (TPSA) is 42.2 Å². The van der Waals surface area contributed by atoms with Gasteiger partial charge in [0.2, 0.25) is 5.91 Å². The van der Waals surface area contributed by atoms with E-state index in [0.29, 0.717) is 6.42 Å². The van der Waals surface area contributed by atoms with Crippen molar-refractivity contribution in [3.05, 3.63) is 29.5 Å². The molecule has 1 aromatic carbocycles. The minimum atomic E-state index is 0.103. The number of anilines is 1. The molecule has 0 radical (unpaired) electrons. The van der Waals surface area contributed by atoms with Crippen LogP contribution < -0.4 is 5.32 Å². The Hall–Kier alpha value is -1.77. The standard InChI is InChI=1S/C13H13NO2/c1-2-10-5-9-6-11-8(7-12(9)16-10)3-4-13(15)14-11/h5-7H,2-4H2,1H3,(H,14,15). The van der Waals surface area contributed by atoms with E-state index in [1.165, 1.54) is 5.56 Å². The van der Waals surface area contributed by atoms with Gasteiger partial charge in [-0.25, -0.2) is 0 Å². The zero-order valence-corrected chi connectivity index (χ0v) is 9.17. The number of amides is 1. The molecule has 1 amide bonds. The average Bonchev–Trinajstić information content (AvgIpc) is 2.67. The lowest BCUT2D eigenvalue weighted by Gasteiger charge is -2.16. The molecular formula is C13H13NO2. The number of hydrogen-bond donors (Lipinski definition) is 1. The van der Waals surface area contributed by atoms with Crippen molar-refractivity contribution in [1.82, 2.24) is 0 Å². The fraction of sp³-hybridized carbons (Fsp3) is 0.308. The lowest BCUT2D eigenvalue weighted by Crippen LogP contribution is -2.18. The smallest absolute Gasteiger partial charge is 0.224 e. The number of fused-ring (bicyclic) bond motifs is 2. The number of hydrogen-bond acceptors (Lipinski definition) is 2. The highest BCUT2D eigenvalue weighted by Crippen LogP contribution is 2.30. The molecule has 1 aliphatic rings. The zero-order chi connectivity index (χ0) is 11.1. The Bertz CT molecular complexity index is 569. The summed E-state index contributed by atoms with van der Waals surface area (Å²) in [7, 11) is 0. The third-order valence-corrected chi connectivity index (χ3v) is 3.04. The third kappa shape index (κ3) is 1.40. The Morgan fingerprint density at radius 1 is 1.31 bits per heavy atom. The Morgan fingerprint density at radius 2 is 2.19 bits per heavy atom. The van der Waals surface area contributed by atoms with Crippen molar-refractivity contribution in [3.63, 3.8) is 0 Å². The molecule has 2 aromatic rings. The second kappa shape index (κ2) is 3.37. The molecular weight excluding hydrogens is 202 g/mol. The molecule has 1 N–H and O–H groups in total. The molecule has 3 heteroatoms. The van der Waals surface area contributed by atoms with Crippen molar-refractivity contribution >= 4 is 22.6 Å². The van der Waals surface area contributed by atoms with Gasteiger partial charge in [-0.1, -0.05) is 6.92 Å². The minimum Gasteiger partial charge on any atom is -0.461 e. The maximum atomic E-state index is 11.3. The number of rotatable bonds is 1. The lowest BCUT2D eigenvalue weighted by atomic mass is 10.0. The van der Waals surface area contributed by atoms with Crippen LogP contribution in [0, 0.1) is 0 Å². The fourth-order valence-electron chi connectivity index (χ4n) is 2.14. The number of benzene rings is 1. The number of carbonyl (C=O) groups is 1. The van der Waals surface area contributed by atoms with Gasteiger partial charge in [0.1, 0.15) is 11.3 Å². The van der Waals surface area contributed by atoms with Crippen LogP contribution in [0.4, 0.5) is 5.69 Å². The monoisotopic (exact) mass is 215 g/mol. The van der Waals surface area contributed by atoms with Crippen LogP contribution in [-0.4, -0.2) is 5.91 Å². The first-order valence-corrected chi connectivity index (χ1v) is 5.61. The van der Waals surface area contributed by atoms with Crippen LogP contribution in [-0.2, 0) is 17.6 Å². The molecule has 2 heterocycles. The first-order valence-electron chi connectivity index (χ1n) is 5.61. The summed E-state index contributed by atoms with van der Waals surface area (Å²) >= 11 is 0. The SMILES string of the molecule is CCc1cc2cc3c(cc2o1)CCC(=O)N3. The molecule has 16 heavy (non-hydrogen) atoms. The molecule has 0 atom stereocenters. The molecule has 0 saturated heterocycles. The maximum Gasteiger partial charge on any atom is 0.224 e. The van der Waals surface area contributed by atoms with Crippen LogP contribution in [0.25, 0.3) is 11.0 Å². The Morgan fingerprint density at radius 3 is 3.00 bits per heavy atom. The molecule has 3 rings (SSSR count). The second-order valence-electron chi connectivity index (χ2n) is 4.16. The highest BCUT2D eigenvalue weighted by atomic mass is 16.3. The van der Waals surface area contributed by atoms with E-state index >= 15 is 0 Å². The highest BCUT2D eigenvalue weighted by Gasteiger charge is 2.16. The van der Waals surface area contributed by atoms with E-state index in [2.05, 4.69) is 12.2 Å². The van der Waals surface area contributed by atoms with Gasteiger partial charge in [0.05, 0.1) is 0 Å². The van der Waals surface area contributed by atoms with Crippen LogP contribution in [0.15, 0.2) is 22.6 Å². The summed E-state index contributed by atoms with van der Waals surface area (Å²) in [5.41, 5.74) is 3.03. The lowest BCUT2D eigenvalue weighted by molar-refractivity contribution is -0.116. The van der Waals surface area contributed by atoms with E-state index in [4.69, 9.17) is 4.42 Å². The van der Waals surface area contributed by atoms with E-state index in [0.717, 1.165) is 35.3 Å². The summed E-state index contributed by atoms with van der Waals surface area (Å²) < 4.78 is 5.70. The van der Waals surface area contributed by atoms with Crippen molar-refractivity contribution in [3.8, 4) is 0 Å². The van der Waals surface area contributed by atoms with Crippen molar-refractivity contribution in [1.29, 1.82) is 0 Å². The Balaban J connectivity index is 2.17. The number of nitrogens with one attached hydrogen (secondary N) is 1. The Kier molecular flexibility index (Phi) is 1.99. The molecule has 0 aliphatic carbocycles. The van der Waals surface area contributed by atoms with Crippen LogP contribution in [0.2, 0.25) is 0 Å². The molecule has 0 fully saturated rings. The number of aryl methyl sites for hydroxylation is 2. The van der Waals surface area contributed by atoms with Crippen LogP contribution in [0.3, 0.4) is 0 Å². The molecule has 0 saturated carbocycles. The first-order chi connectivity index (χ1) is 7.76. The van der Waals surface area contributed by atoms with Crippen molar-refractivity contribution < 1.29 is 9.21 Å². The van der Waals surface area contributed by atoms with E-state index in [1.54, 1.807) is 0 Å². The van der Waals surface area contributed by atoms with Crippen LogP contribution >= 0.6 is 0 Å². The maximum absolute atomic E-state index is 11.3.